The molecule has 8 nitrogen and oxygen atoms in total. The predicted octanol–water partition coefficient (Wildman–Crippen LogP) is 3.30. The quantitative estimate of drug-likeness (QED) is 0.451. The van der Waals surface area contributed by atoms with E-state index >= 15 is 0 Å². The molecule has 2 heterocycles. The van der Waals surface area contributed by atoms with Crippen LogP contribution in [0.15, 0.2) is 18.2 Å². The molecule has 190 valence electrons. The summed E-state index contributed by atoms with van der Waals surface area (Å²) >= 11 is 0. The van der Waals surface area contributed by atoms with E-state index in [4.69, 9.17) is 15.2 Å². The molecule has 0 aromatic heterocycles. The van der Waals surface area contributed by atoms with E-state index in [0.29, 0.717) is 43.6 Å². The number of benzene rings is 1. The Balaban J connectivity index is 1.87. The number of unbranched alkanes of at least 4 members (excludes halogenated alkanes) is 1. The van der Waals surface area contributed by atoms with Gasteiger partial charge in [0.1, 0.15) is 0 Å². The van der Waals surface area contributed by atoms with Crippen molar-refractivity contribution in [3.05, 3.63) is 23.8 Å². The van der Waals surface area contributed by atoms with Gasteiger partial charge in [-0.05, 0) is 36.5 Å². The fourth-order valence-corrected chi connectivity index (χ4v) is 5.43. The van der Waals surface area contributed by atoms with Crippen LogP contribution in [0.5, 0.6) is 11.5 Å². The molecule has 0 bridgehead atoms. The lowest BCUT2D eigenvalue weighted by molar-refractivity contribution is -0.144. The van der Waals surface area contributed by atoms with E-state index in [-0.39, 0.29) is 31.2 Å². The number of nitrogens with two attached hydrogens (primary N) is 1. The van der Waals surface area contributed by atoms with Gasteiger partial charge in [-0.15, -0.1) is 0 Å². The number of aliphatic carboxylic acids is 1. The first kappa shape index (κ1) is 26.3. The summed E-state index contributed by atoms with van der Waals surface area (Å²) in [5.41, 5.74) is 6.69. The predicted molar refractivity (Wildman–Crippen MR) is 131 cm³/mol. The molecule has 0 spiro atoms. The van der Waals surface area contributed by atoms with Crippen molar-refractivity contribution in [1.29, 1.82) is 0 Å². The van der Waals surface area contributed by atoms with Crippen molar-refractivity contribution >= 4 is 11.9 Å². The molecule has 2 aliphatic heterocycles. The monoisotopic (exact) mass is 475 g/mol. The first-order valence-electron chi connectivity index (χ1n) is 12.7. The molecular weight excluding hydrogens is 434 g/mol. The molecule has 34 heavy (non-hydrogen) atoms. The van der Waals surface area contributed by atoms with Crippen LogP contribution in [0.1, 0.15) is 64.4 Å². The van der Waals surface area contributed by atoms with Gasteiger partial charge in [0.25, 0.3) is 0 Å². The van der Waals surface area contributed by atoms with E-state index in [1.807, 2.05) is 23.1 Å². The van der Waals surface area contributed by atoms with Gasteiger partial charge in [0.05, 0.1) is 12.5 Å². The molecule has 0 saturated carbocycles. The lowest BCUT2D eigenvalue weighted by Crippen LogP contribution is -2.46. The minimum absolute atomic E-state index is 0.0301. The molecule has 1 aromatic rings. The van der Waals surface area contributed by atoms with Crippen LogP contribution in [-0.2, 0) is 9.59 Å². The van der Waals surface area contributed by atoms with Crippen LogP contribution in [-0.4, -0.2) is 72.3 Å². The number of carbonyl (C=O) groups is 2. The van der Waals surface area contributed by atoms with E-state index in [1.165, 1.54) is 0 Å². The van der Waals surface area contributed by atoms with Gasteiger partial charge in [0.2, 0.25) is 12.7 Å². The maximum Gasteiger partial charge on any atom is 0.308 e. The third-order valence-corrected chi connectivity index (χ3v) is 7.16. The average Bonchev–Trinajstić information content (AvgIpc) is 3.41. The second-order valence-electron chi connectivity index (χ2n) is 9.73. The summed E-state index contributed by atoms with van der Waals surface area (Å²) in [7, 11) is 0. The fraction of sp³-hybridized carbons (Fsp3) is 0.692. The second-order valence-corrected chi connectivity index (χ2v) is 9.73. The van der Waals surface area contributed by atoms with Crippen LogP contribution in [0, 0.1) is 11.8 Å². The van der Waals surface area contributed by atoms with Gasteiger partial charge in [-0.3, -0.25) is 14.5 Å². The number of amides is 1. The van der Waals surface area contributed by atoms with Crippen LogP contribution in [0.3, 0.4) is 0 Å². The molecule has 1 amide bonds. The van der Waals surface area contributed by atoms with Crippen LogP contribution in [0.25, 0.3) is 0 Å². The molecule has 2 aliphatic rings. The van der Waals surface area contributed by atoms with E-state index in [1.54, 1.807) is 0 Å². The molecule has 3 N–H and O–H groups in total. The summed E-state index contributed by atoms with van der Waals surface area (Å²) in [5, 5.41) is 10.3. The molecule has 0 radical (unpaired) electrons. The Morgan fingerprint density at radius 3 is 2.65 bits per heavy atom. The zero-order valence-corrected chi connectivity index (χ0v) is 20.9. The van der Waals surface area contributed by atoms with Crippen molar-refractivity contribution < 1.29 is 24.2 Å². The minimum atomic E-state index is -0.809. The first-order chi connectivity index (χ1) is 16.4. The maximum absolute atomic E-state index is 13.3. The number of hydrogen-bond donors (Lipinski definition) is 2. The van der Waals surface area contributed by atoms with Gasteiger partial charge in [0.15, 0.2) is 11.5 Å². The van der Waals surface area contributed by atoms with Crippen molar-refractivity contribution in [1.82, 2.24) is 9.80 Å². The summed E-state index contributed by atoms with van der Waals surface area (Å²) in [5.74, 6) is 0.120. The van der Waals surface area contributed by atoms with E-state index in [2.05, 4.69) is 25.7 Å². The zero-order chi connectivity index (χ0) is 24.7. The summed E-state index contributed by atoms with van der Waals surface area (Å²) < 4.78 is 11.0. The highest BCUT2D eigenvalue weighted by Gasteiger charge is 2.47. The minimum Gasteiger partial charge on any atom is -0.481 e. The molecule has 3 rings (SSSR count). The topological polar surface area (TPSA) is 105 Å². The number of ether oxygens (including phenoxy) is 2. The van der Waals surface area contributed by atoms with Crippen LogP contribution >= 0.6 is 0 Å². The van der Waals surface area contributed by atoms with Gasteiger partial charge >= 0.3 is 5.97 Å². The average molecular weight is 476 g/mol. The van der Waals surface area contributed by atoms with E-state index in [9.17, 15) is 14.7 Å². The molecule has 1 fully saturated rings. The summed E-state index contributed by atoms with van der Waals surface area (Å²) in [6.45, 7) is 8.98. The largest absolute Gasteiger partial charge is 0.481 e. The van der Waals surface area contributed by atoms with E-state index in [0.717, 1.165) is 37.7 Å². The fourth-order valence-electron chi connectivity index (χ4n) is 5.43. The van der Waals surface area contributed by atoms with Gasteiger partial charge in [-0.2, -0.15) is 0 Å². The smallest absolute Gasteiger partial charge is 0.308 e. The highest BCUT2D eigenvalue weighted by atomic mass is 16.7. The van der Waals surface area contributed by atoms with Crippen LogP contribution in [0.4, 0.5) is 0 Å². The number of rotatable bonds is 13. The Morgan fingerprint density at radius 2 is 1.97 bits per heavy atom. The summed E-state index contributed by atoms with van der Waals surface area (Å²) in [6.07, 6.45) is 4.78. The Labute approximate surface area is 203 Å². The Morgan fingerprint density at radius 1 is 1.21 bits per heavy atom. The van der Waals surface area contributed by atoms with Crippen molar-refractivity contribution in [3.63, 3.8) is 0 Å². The van der Waals surface area contributed by atoms with E-state index < -0.39 is 11.9 Å². The highest BCUT2D eigenvalue weighted by molar-refractivity contribution is 5.79. The summed E-state index contributed by atoms with van der Waals surface area (Å²) in [6, 6.07) is 5.49. The molecular formula is C26H41N3O5. The third kappa shape index (κ3) is 6.21. The van der Waals surface area contributed by atoms with Gasteiger partial charge in [-0.25, -0.2) is 0 Å². The molecule has 1 aromatic carbocycles. The zero-order valence-electron chi connectivity index (χ0n) is 20.9. The number of likely N-dealkylation sites (tertiary alicyclic amines) is 1. The standard InChI is InChI=1S/C26H41N3O5/c1-4-6-11-28(12-10-27)24(30)16-29-15-20(19-8-9-22-23(14-19)34-17-33-22)25(26(31)32)21(29)13-18(3)7-5-2/h8-9,14,18,20-21,25H,4-7,10-13,15-17,27H2,1-3H3,(H,31,32)/t18-,20-,21+,25-/m1/s1. The third-order valence-electron chi connectivity index (χ3n) is 7.16. The number of hydrogen-bond acceptors (Lipinski definition) is 6. The van der Waals surface area contributed by atoms with Crippen molar-refractivity contribution in [2.45, 2.75) is 64.8 Å². The van der Waals surface area contributed by atoms with Crippen molar-refractivity contribution in [2.75, 3.05) is 39.5 Å². The number of carbonyl (C=O) groups excluding carboxylic acids is 1. The van der Waals surface area contributed by atoms with Crippen LogP contribution in [0.2, 0.25) is 0 Å². The summed E-state index contributed by atoms with van der Waals surface area (Å²) in [4.78, 5) is 29.8. The Hall–Kier alpha value is -2.32. The Kier molecular flexibility index (Phi) is 9.59. The van der Waals surface area contributed by atoms with Gasteiger partial charge < -0.3 is 25.2 Å². The Bertz CT molecular complexity index is 833. The number of nitrogens with zero attached hydrogens (tertiary/aromatic N) is 2. The molecule has 4 atom stereocenters. The van der Waals surface area contributed by atoms with Gasteiger partial charge in [-0.1, -0.05) is 46.1 Å². The maximum atomic E-state index is 13.3. The SMILES string of the molecule is CCCCN(CCN)C(=O)CN1C[C@H](c2ccc3c(c2)OCO3)[C@@H](C(=O)O)[C@@H]1C[C@H](C)CCC. The second kappa shape index (κ2) is 12.4. The number of fused-ring (bicyclic) bond motifs is 1. The lowest BCUT2D eigenvalue weighted by atomic mass is 9.81. The van der Waals surface area contributed by atoms with Gasteiger partial charge in [0, 0.05) is 38.1 Å². The highest BCUT2D eigenvalue weighted by Crippen LogP contribution is 2.43. The lowest BCUT2D eigenvalue weighted by Gasteiger charge is -2.31. The number of carboxylic acids is 1. The molecule has 0 unspecified atom stereocenters. The first-order valence-corrected chi connectivity index (χ1v) is 12.7. The van der Waals surface area contributed by atoms with Crippen molar-refractivity contribution in [2.24, 2.45) is 17.6 Å². The molecule has 8 heteroatoms. The van der Waals surface area contributed by atoms with Crippen molar-refractivity contribution in [3.8, 4) is 11.5 Å². The molecule has 0 aliphatic carbocycles. The number of carboxylic acid groups (broad SMARTS) is 1. The van der Waals surface area contributed by atoms with Crippen LogP contribution < -0.4 is 15.2 Å². The molecule has 1 saturated heterocycles. The normalized spacial score (nSPS) is 22.6.